The highest BCUT2D eigenvalue weighted by atomic mass is 16.2. The van der Waals surface area contributed by atoms with E-state index in [0.29, 0.717) is 12.1 Å². The number of nitrogens with one attached hydrogen (secondary N) is 2. The van der Waals surface area contributed by atoms with Gasteiger partial charge in [-0.2, -0.15) is 0 Å². The zero-order valence-electron chi connectivity index (χ0n) is 10.8. The molecule has 2 aliphatic rings. The Labute approximate surface area is 108 Å². The van der Waals surface area contributed by atoms with Gasteiger partial charge in [0, 0.05) is 17.8 Å². The minimum atomic E-state index is 0.161. The third-order valence-electron chi connectivity index (χ3n) is 4.29. The summed E-state index contributed by atoms with van der Waals surface area (Å²) in [6.45, 7) is 2.12. The van der Waals surface area contributed by atoms with E-state index >= 15 is 0 Å². The van der Waals surface area contributed by atoms with Crippen LogP contribution in [0.5, 0.6) is 0 Å². The van der Waals surface area contributed by atoms with Crippen LogP contribution in [0.25, 0.3) is 0 Å². The van der Waals surface area contributed by atoms with E-state index in [4.69, 9.17) is 0 Å². The molecule has 0 spiro atoms. The van der Waals surface area contributed by atoms with E-state index in [2.05, 4.69) is 23.6 Å². The fourth-order valence-electron chi connectivity index (χ4n) is 3.29. The molecule has 3 rings (SSSR count). The Morgan fingerprint density at radius 3 is 2.89 bits per heavy atom. The summed E-state index contributed by atoms with van der Waals surface area (Å²) < 4.78 is 0. The molecule has 2 N–H and O–H groups in total. The van der Waals surface area contributed by atoms with Crippen molar-refractivity contribution in [3.8, 4) is 0 Å². The number of hydrogen-bond donors (Lipinski definition) is 2. The second-order valence-electron chi connectivity index (χ2n) is 5.39. The van der Waals surface area contributed by atoms with E-state index in [-0.39, 0.29) is 11.8 Å². The minimum absolute atomic E-state index is 0.161. The smallest absolute Gasteiger partial charge is 0.229 e. The zero-order valence-corrected chi connectivity index (χ0v) is 10.8. The molecule has 1 amide bonds. The maximum Gasteiger partial charge on any atom is 0.229 e. The average molecular weight is 244 g/mol. The number of anilines is 1. The first-order valence-electron chi connectivity index (χ1n) is 6.92. The number of para-hydroxylation sites is 1. The molecular formula is C15H20N2O. The Bertz CT molecular complexity index is 458. The summed E-state index contributed by atoms with van der Waals surface area (Å²) in [7, 11) is 0. The third-order valence-corrected chi connectivity index (χ3v) is 4.29. The van der Waals surface area contributed by atoms with Crippen LogP contribution < -0.4 is 10.6 Å². The number of carbonyl (C=O) groups excluding carboxylic acids is 1. The molecule has 0 saturated carbocycles. The second kappa shape index (κ2) is 4.73. The lowest BCUT2D eigenvalue weighted by atomic mass is 9.88. The molecule has 3 atom stereocenters. The molecule has 2 aliphatic heterocycles. The van der Waals surface area contributed by atoms with Crippen molar-refractivity contribution in [3.63, 3.8) is 0 Å². The summed E-state index contributed by atoms with van der Waals surface area (Å²) in [6.07, 6.45) is 4.34. The third kappa shape index (κ3) is 2.03. The first-order chi connectivity index (χ1) is 8.78. The Morgan fingerprint density at radius 1 is 1.39 bits per heavy atom. The first-order valence-corrected chi connectivity index (χ1v) is 6.92. The maximum atomic E-state index is 12.3. The van der Waals surface area contributed by atoms with Crippen molar-refractivity contribution in [1.29, 1.82) is 0 Å². The van der Waals surface area contributed by atoms with Crippen LogP contribution in [-0.2, 0) is 11.2 Å². The van der Waals surface area contributed by atoms with Crippen LogP contribution in [0.1, 0.15) is 31.7 Å². The first kappa shape index (κ1) is 11.7. The number of aryl methyl sites for hydroxylation is 1. The monoisotopic (exact) mass is 244 g/mol. The van der Waals surface area contributed by atoms with Crippen LogP contribution in [0.3, 0.4) is 0 Å². The number of hydrogen-bond acceptors (Lipinski definition) is 2. The molecule has 18 heavy (non-hydrogen) atoms. The van der Waals surface area contributed by atoms with Crippen molar-refractivity contribution in [2.24, 2.45) is 5.92 Å². The van der Waals surface area contributed by atoms with Crippen LogP contribution in [0.2, 0.25) is 0 Å². The van der Waals surface area contributed by atoms with Gasteiger partial charge in [0.2, 0.25) is 5.91 Å². The number of amides is 1. The van der Waals surface area contributed by atoms with E-state index in [1.807, 2.05) is 18.2 Å². The van der Waals surface area contributed by atoms with Gasteiger partial charge >= 0.3 is 0 Å². The summed E-state index contributed by atoms with van der Waals surface area (Å²) in [6, 6.07) is 9.06. The van der Waals surface area contributed by atoms with Gasteiger partial charge in [-0.05, 0) is 37.3 Å². The summed E-state index contributed by atoms with van der Waals surface area (Å²) >= 11 is 0. The predicted molar refractivity (Wildman–Crippen MR) is 72.5 cm³/mol. The summed E-state index contributed by atoms with van der Waals surface area (Å²) in [5.41, 5.74) is 2.19. The lowest BCUT2D eigenvalue weighted by Crippen LogP contribution is -2.33. The van der Waals surface area contributed by atoms with Crippen LogP contribution in [0, 0.1) is 5.92 Å². The van der Waals surface area contributed by atoms with E-state index in [1.165, 1.54) is 12.0 Å². The van der Waals surface area contributed by atoms with Gasteiger partial charge in [-0.15, -0.1) is 0 Å². The van der Waals surface area contributed by atoms with Crippen molar-refractivity contribution in [1.82, 2.24) is 5.32 Å². The van der Waals surface area contributed by atoms with Crippen molar-refractivity contribution in [2.75, 3.05) is 5.32 Å². The average Bonchev–Trinajstić information content (AvgIpc) is 3.01. The number of carbonyl (C=O) groups is 1. The van der Waals surface area contributed by atoms with Crippen molar-refractivity contribution in [2.45, 2.75) is 44.7 Å². The zero-order chi connectivity index (χ0) is 12.5. The molecule has 2 bridgehead atoms. The quantitative estimate of drug-likeness (QED) is 0.856. The fourth-order valence-corrected chi connectivity index (χ4v) is 3.29. The number of benzene rings is 1. The van der Waals surface area contributed by atoms with Crippen LogP contribution in [0.15, 0.2) is 24.3 Å². The fraction of sp³-hybridized carbons (Fsp3) is 0.533. The van der Waals surface area contributed by atoms with Gasteiger partial charge in [-0.1, -0.05) is 25.1 Å². The van der Waals surface area contributed by atoms with Gasteiger partial charge in [-0.25, -0.2) is 0 Å². The Morgan fingerprint density at radius 2 is 2.22 bits per heavy atom. The summed E-state index contributed by atoms with van der Waals surface area (Å²) in [5.74, 6) is 0.351. The van der Waals surface area contributed by atoms with Crippen molar-refractivity contribution < 1.29 is 4.79 Å². The minimum Gasteiger partial charge on any atom is -0.326 e. The highest BCUT2D eigenvalue weighted by molar-refractivity contribution is 5.94. The Hall–Kier alpha value is -1.35. The topological polar surface area (TPSA) is 41.1 Å². The lowest BCUT2D eigenvalue weighted by Gasteiger charge is -2.20. The standard InChI is InChI=1S/C15H20N2O/c1-2-10-5-3-4-6-13(10)17-15(18)12-9-11-7-8-14(12)16-11/h3-6,11-12,14,16H,2,7-9H2,1H3,(H,17,18). The van der Waals surface area contributed by atoms with Gasteiger partial charge in [0.05, 0.1) is 5.92 Å². The Balaban J connectivity index is 1.71. The van der Waals surface area contributed by atoms with Gasteiger partial charge in [0.1, 0.15) is 0 Å². The van der Waals surface area contributed by atoms with Gasteiger partial charge in [0.25, 0.3) is 0 Å². The van der Waals surface area contributed by atoms with Crippen molar-refractivity contribution in [3.05, 3.63) is 29.8 Å². The van der Waals surface area contributed by atoms with Crippen LogP contribution in [-0.4, -0.2) is 18.0 Å². The molecule has 0 aromatic heterocycles. The van der Waals surface area contributed by atoms with E-state index in [0.717, 1.165) is 24.9 Å². The molecule has 0 radical (unpaired) electrons. The summed E-state index contributed by atoms with van der Waals surface area (Å²) in [4.78, 5) is 12.3. The molecule has 1 aromatic carbocycles. The molecule has 3 nitrogen and oxygen atoms in total. The van der Waals surface area contributed by atoms with Crippen LogP contribution >= 0.6 is 0 Å². The van der Waals surface area contributed by atoms with Crippen molar-refractivity contribution >= 4 is 11.6 Å². The van der Waals surface area contributed by atoms with E-state index in [1.54, 1.807) is 0 Å². The van der Waals surface area contributed by atoms with E-state index in [9.17, 15) is 4.79 Å². The molecule has 96 valence electrons. The molecule has 1 aromatic rings. The SMILES string of the molecule is CCc1ccccc1NC(=O)C1CC2CCC1N2. The van der Waals surface area contributed by atoms with Gasteiger partial charge in [-0.3, -0.25) is 4.79 Å². The van der Waals surface area contributed by atoms with Gasteiger partial charge < -0.3 is 10.6 Å². The number of rotatable bonds is 3. The molecule has 2 fully saturated rings. The largest absolute Gasteiger partial charge is 0.326 e. The molecular weight excluding hydrogens is 224 g/mol. The van der Waals surface area contributed by atoms with Crippen LogP contribution in [0.4, 0.5) is 5.69 Å². The van der Waals surface area contributed by atoms with Gasteiger partial charge in [0.15, 0.2) is 0 Å². The molecule has 3 heteroatoms. The van der Waals surface area contributed by atoms with E-state index < -0.39 is 0 Å². The lowest BCUT2D eigenvalue weighted by molar-refractivity contribution is -0.120. The predicted octanol–water partition coefficient (Wildman–Crippen LogP) is 2.33. The molecule has 3 unspecified atom stereocenters. The normalized spacial score (nSPS) is 29.5. The highest BCUT2D eigenvalue weighted by Crippen LogP contribution is 2.34. The summed E-state index contributed by atoms with van der Waals surface area (Å²) in [5, 5.41) is 6.62. The molecule has 0 aliphatic carbocycles. The molecule has 2 heterocycles. The highest BCUT2D eigenvalue weighted by Gasteiger charge is 2.42. The number of fused-ring (bicyclic) bond motifs is 2. The second-order valence-corrected chi connectivity index (χ2v) is 5.39. The Kier molecular flexibility index (Phi) is 3.08. The maximum absolute atomic E-state index is 12.3. The molecule has 2 saturated heterocycles.